The zero-order chi connectivity index (χ0) is 18.5. The Morgan fingerprint density at radius 3 is 2.54 bits per heavy atom. The van der Waals surface area contributed by atoms with Gasteiger partial charge in [0.15, 0.2) is 0 Å². The molecule has 1 aromatic rings. The average Bonchev–Trinajstić information content (AvgIpc) is 2.63. The molecule has 0 saturated carbocycles. The van der Waals surface area contributed by atoms with Crippen LogP contribution in [0.15, 0.2) is 30.0 Å². The highest BCUT2D eigenvalue weighted by Gasteiger charge is 2.30. The second-order valence-electron chi connectivity index (χ2n) is 6.36. The van der Waals surface area contributed by atoms with E-state index in [1.807, 2.05) is 0 Å². The molecule has 0 aromatic heterocycles. The number of Topliss-reactive ketones (excluding diaryl/α,β-unsaturated/α-hetero) is 1. The number of hydrogen-bond donors (Lipinski definition) is 3. The number of ketones is 1. The van der Waals surface area contributed by atoms with Crippen molar-refractivity contribution in [1.82, 2.24) is 15.1 Å². The van der Waals surface area contributed by atoms with Gasteiger partial charge in [-0.05, 0) is 12.1 Å². The van der Waals surface area contributed by atoms with E-state index in [1.165, 1.54) is 24.4 Å². The molecule has 26 heavy (non-hydrogen) atoms. The molecular weight excluding hydrogens is 339 g/mol. The quantitative estimate of drug-likeness (QED) is 0.377. The van der Waals surface area contributed by atoms with E-state index in [-0.39, 0.29) is 23.4 Å². The Kier molecular flexibility index (Phi) is 5.97. The number of carbonyl (C=O) groups is 2. The fourth-order valence-corrected chi connectivity index (χ4v) is 3.18. The number of carbonyl (C=O) groups excluding carboxylic acids is 2. The number of β-amino-alcohol motifs (C(OH)–C–C–N with tert-alkyl or cyclic N) is 1. The van der Waals surface area contributed by atoms with Crippen molar-refractivity contribution >= 4 is 17.4 Å². The maximum Gasteiger partial charge on any atom is 0.261 e. The van der Waals surface area contributed by atoms with Crippen molar-refractivity contribution in [2.45, 2.75) is 0 Å². The highest BCUT2D eigenvalue weighted by Crippen LogP contribution is 2.27. The van der Waals surface area contributed by atoms with Gasteiger partial charge in [-0.2, -0.15) is 0 Å². The zero-order valence-electron chi connectivity index (χ0n) is 14.5. The molecule has 1 amide bonds. The average molecular weight is 362 g/mol. The number of nitrogens with zero attached hydrogens (tertiary/aromatic N) is 2. The lowest BCUT2D eigenvalue weighted by Gasteiger charge is -2.34. The van der Waals surface area contributed by atoms with Gasteiger partial charge in [-0.3, -0.25) is 19.4 Å². The van der Waals surface area contributed by atoms with Crippen molar-refractivity contribution < 1.29 is 19.1 Å². The fraction of sp³-hybridized carbons (Fsp3) is 0.444. The molecule has 3 N–H and O–H groups in total. The Morgan fingerprint density at radius 1 is 1.15 bits per heavy atom. The monoisotopic (exact) mass is 362 g/mol. The fourth-order valence-electron chi connectivity index (χ4n) is 3.18. The minimum Gasteiger partial charge on any atom is -0.395 e. The van der Waals surface area contributed by atoms with E-state index in [0.29, 0.717) is 13.1 Å². The van der Waals surface area contributed by atoms with Gasteiger partial charge in [-0.25, -0.2) is 4.39 Å². The van der Waals surface area contributed by atoms with Crippen LogP contribution in [0.2, 0.25) is 0 Å². The number of aliphatic hydroxyl groups excluding tert-OH is 1. The second-order valence-corrected chi connectivity index (χ2v) is 6.36. The first-order valence-electron chi connectivity index (χ1n) is 8.74. The van der Waals surface area contributed by atoms with Crippen LogP contribution in [-0.4, -0.2) is 79.0 Å². The van der Waals surface area contributed by atoms with Crippen LogP contribution in [0.1, 0.15) is 10.4 Å². The van der Waals surface area contributed by atoms with Crippen molar-refractivity contribution in [3.8, 4) is 0 Å². The lowest BCUT2D eigenvalue weighted by atomic mass is 9.97. The number of amides is 1. The molecule has 0 unspecified atom stereocenters. The van der Waals surface area contributed by atoms with Crippen LogP contribution in [0, 0.1) is 5.82 Å². The predicted molar refractivity (Wildman–Crippen MR) is 95.4 cm³/mol. The summed E-state index contributed by atoms with van der Waals surface area (Å²) in [7, 11) is 0. The maximum atomic E-state index is 13.7. The number of fused-ring (bicyclic) bond motifs is 1. The number of benzene rings is 1. The van der Waals surface area contributed by atoms with Crippen molar-refractivity contribution in [2.24, 2.45) is 0 Å². The van der Waals surface area contributed by atoms with Crippen LogP contribution in [0.3, 0.4) is 0 Å². The Bertz CT molecular complexity index is 714. The van der Waals surface area contributed by atoms with Gasteiger partial charge in [0.1, 0.15) is 11.4 Å². The molecule has 1 aromatic carbocycles. The Labute approximate surface area is 151 Å². The molecule has 1 saturated heterocycles. The second kappa shape index (κ2) is 8.39. The minimum atomic E-state index is -0.614. The molecule has 140 valence electrons. The van der Waals surface area contributed by atoms with E-state index < -0.39 is 17.5 Å². The Hall–Kier alpha value is -2.29. The smallest absolute Gasteiger partial charge is 0.261 e. The van der Waals surface area contributed by atoms with Crippen molar-refractivity contribution in [1.29, 1.82) is 0 Å². The van der Waals surface area contributed by atoms with E-state index in [9.17, 15) is 14.0 Å². The van der Waals surface area contributed by atoms with Crippen LogP contribution in [0.25, 0.3) is 0 Å². The summed E-state index contributed by atoms with van der Waals surface area (Å²) in [4.78, 5) is 29.0. The summed E-state index contributed by atoms with van der Waals surface area (Å²) in [6.07, 6.45) is 1.41. The third-order valence-electron chi connectivity index (χ3n) is 4.69. The number of anilines is 1. The number of nitrogens with one attached hydrogen (secondary N) is 2. The summed E-state index contributed by atoms with van der Waals surface area (Å²) in [5, 5.41) is 14.4. The summed E-state index contributed by atoms with van der Waals surface area (Å²) in [5.41, 5.74) is 0.0916. The largest absolute Gasteiger partial charge is 0.395 e. The molecule has 0 bridgehead atoms. The lowest BCUT2D eigenvalue weighted by molar-refractivity contribution is -0.112. The van der Waals surface area contributed by atoms with Crippen LogP contribution in [-0.2, 0) is 4.79 Å². The summed E-state index contributed by atoms with van der Waals surface area (Å²) in [6.45, 7) is 5.96. The Balaban J connectivity index is 1.52. The van der Waals surface area contributed by atoms with Gasteiger partial charge in [0, 0.05) is 57.6 Å². The lowest BCUT2D eigenvalue weighted by Crippen LogP contribution is -2.48. The molecule has 0 spiro atoms. The van der Waals surface area contributed by atoms with Crippen LogP contribution >= 0.6 is 0 Å². The summed E-state index contributed by atoms with van der Waals surface area (Å²) in [6, 6.07) is 4.16. The zero-order valence-corrected chi connectivity index (χ0v) is 14.5. The van der Waals surface area contributed by atoms with Crippen molar-refractivity contribution in [3.05, 3.63) is 41.4 Å². The van der Waals surface area contributed by atoms with E-state index in [4.69, 9.17) is 5.11 Å². The molecule has 1 fully saturated rings. The SMILES string of the molecule is O=C1Nc2c(F)cccc2C(=O)C1=CNCCN1CCN(CCO)CC1. The summed E-state index contributed by atoms with van der Waals surface area (Å²) < 4.78 is 13.7. The first-order chi connectivity index (χ1) is 12.6. The molecular formula is C18H23FN4O3. The number of piperazine rings is 1. The van der Waals surface area contributed by atoms with Gasteiger partial charge in [0.2, 0.25) is 5.78 Å². The molecule has 2 aliphatic rings. The number of aliphatic hydroxyl groups is 1. The molecule has 3 rings (SSSR count). The number of para-hydroxylation sites is 1. The third kappa shape index (κ3) is 4.09. The molecule has 7 nitrogen and oxygen atoms in total. The van der Waals surface area contributed by atoms with Gasteiger partial charge in [0.25, 0.3) is 5.91 Å². The highest BCUT2D eigenvalue weighted by molar-refractivity contribution is 6.33. The normalized spacial score (nSPS) is 20.2. The van der Waals surface area contributed by atoms with Gasteiger partial charge in [-0.15, -0.1) is 0 Å². The summed E-state index contributed by atoms with van der Waals surface area (Å²) >= 11 is 0. The highest BCUT2D eigenvalue weighted by atomic mass is 19.1. The van der Waals surface area contributed by atoms with E-state index in [2.05, 4.69) is 20.4 Å². The van der Waals surface area contributed by atoms with Crippen LogP contribution in [0.5, 0.6) is 0 Å². The third-order valence-corrected chi connectivity index (χ3v) is 4.69. The molecule has 0 aliphatic carbocycles. The predicted octanol–water partition coefficient (Wildman–Crippen LogP) is 0.0439. The number of halogens is 1. The first kappa shape index (κ1) is 18.5. The first-order valence-corrected chi connectivity index (χ1v) is 8.74. The van der Waals surface area contributed by atoms with Gasteiger partial charge >= 0.3 is 0 Å². The Morgan fingerprint density at radius 2 is 1.85 bits per heavy atom. The molecule has 0 atom stereocenters. The van der Waals surface area contributed by atoms with Crippen molar-refractivity contribution in [3.63, 3.8) is 0 Å². The van der Waals surface area contributed by atoms with Crippen LogP contribution < -0.4 is 10.6 Å². The molecule has 0 radical (unpaired) electrons. The van der Waals surface area contributed by atoms with E-state index in [1.54, 1.807) is 0 Å². The standard InChI is InChI=1S/C18H23FN4O3/c19-15-3-1-2-13-16(15)21-18(26)14(17(13)25)12-20-4-5-22-6-8-23(9-7-22)10-11-24/h1-3,12,20,24H,4-11H2,(H,21,26). The van der Waals surface area contributed by atoms with Gasteiger partial charge < -0.3 is 15.7 Å². The number of hydrogen-bond acceptors (Lipinski definition) is 6. The van der Waals surface area contributed by atoms with E-state index >= 15 is 0 Å². The van der Waals surface area contributed by atoms with Crippen molar-refractivity contribution in [2.75, 3.05) is 57.7 Å². The van der Waals surface area contributed by atoms with Gasteiger partial charge in [0.05, 0.1) is 12.3 Å². The molecule has 2 aliphatic heterocycles. The summed E-state index contributed by atoms with van der Waals surface area (Å²) in [5.74, 6) is -1.69. The number of rotatable bonds is 6. The van der Waals surface area contributed by atoms with E-state index in [0.717, 1.165) is 32.7 Å². The van der Waals surface area contributed by atoms with Gasteiger partial charge in [-0.1, -0.05) is 6.07 Å². The molecule has 8 heteroatoms. The maximum absolute atomic E-state index is 13.7. The minimum absolute atomic E-state index is 0.0177. The molecule has 2 heterocycles. The topological polar surface area (TPSA) is 84.9 Å². The van der Waals surface area contributed by atoms with Crippen LogP contribution in [0.4, 0.5) is 10.1 Å².